The van der Waals surface area contributed by atoms with Crippen LogP contribution >= 0.6 is 11.8 Å². The molecular formula is C27H25FN5O8S+. The van der Waals surface area contributed by atoms with Crippen molar-refractivity contribution in [2.45, 2.75) is 31.3 Å². The number of hydrogen-bond donors (Lipinski definition) is 3. The van der Waals surface area contributed by atoms with Gasteiger partial charge in [-0.15, -0.1) is 11.8 Å². The lowest BCUT2D eigenvalue weighted by Gasteiger charge is -2.49. The van der Waals surface area contributed by atoms with Crippen molar-refractivity contribution >= 4 is 35.5 Å². The Morgan fingerprint density at radius 1 is 1.21 bits per heavy atom. The van der Waals surface area contributed by atoms with Crippen LogP contribution in [0.25, 0.3) is 16.8 Å². The number of hydroxylamine groups is 1. The van der Waals surface area contributed by atoms with E-state index in [1.165, 1.54) is 55.1 Å². The fourth-order valence-electron chi connectivity index (χ4n) is 4.83. The Hall–Kier alpha value is -4.76. The quantitative estimate of drug-likeness (QED) is 0.181. The molecule has 1 aromatic carbocycles. The maximum absolute atomic E-state index is 15.1. The first-order valence-electron chi connectivity index (χ1n) is 12.6. The van der Waals surface area contributed by atoms with Crippen LogP contribution in [0.2, 0.25) is 0 Å². The van der Waals surface area contributed by atoms with E-state index in [-0.39, 0.29) is 41.6 Å². The third-order valence-corrected chi connectivity index (χ3v) is 7.99. The molecule has 2 aromatic heterocycles. The molecule has 0 aliphatic carbocycles. The molecule has 2 atom stereocenters. The standard InChI is InChI=1S/C27H24FN5O8S/c1-14(34)29-22-24(36)33-23(26(37)38)16(13-42-25(22)33)11-31-7-5-15(6-8-31)19-4-3-17(9-20(19)28)32-12-18(41-27(32)39)10-21(35)30-40-2/h3-9,12,22,25H,10-11,13H2,1-2H3,(H2-,29,30,34,35,37,38)/p+1/t22-,25+/m1/s1. The largest absolute Gasteiger partial charge is 0.477 e. The second kappa shape index (κ2) is 11.6. The number of benzene rings is 1. The topological polar surface area (TPSA) is 164 Å². The van der Waals surface area contributed by atoms with E-state index in [2.05, 4.69) is 15.6 Å². The Bertz CT molecular complexity index is 1680. The van der Waals surface area contributed by atoms with Gasteiger partial charge in [-0.1, -0.05) is 0 Å². The van der Waals surface area contributed by atoms with Crippen molar-refractivity contribution in [2.24, 2.45) is 0 Å². The second-order valence-electron chi connectivity index (χ2n) is 9.51. The van der Waals surface area contributed by atoms with Gasteiger partial charge >= 0.3 is 11.7 Å². The number of amides is 3. The predicted octanol–water partition coefficient (Wildman–Crippen LogP) is 0.503. The van der Waals surface area contributed by atoms with Crippen LogP contribution in [0.3, 0.4) is 0 Å². The summed E-state index contributed by atoms with van der Waals surface area (Å²) in [5, 5.41) is 11.9. The van der Waals surface area contributed by atoms with Crippen molar-refractivity contribution in [3.05, 3.63) is 82.3 Å². The normalized spacial score (nSPS) is 17.9. The zero-order valence-corrected chi connectivity index (χ0v) is 23.1. The molecule has 4 heterocycles. The number of carboxylic acids is 1. The Balaban J connectivity index is 1.32. The van der Waals surface area contributed by atoms with Gasteiger partial charge in [0, 0.05) is 35.9 Å². The second-order valence-corrected chi connectivity index (χ2v) is 10.6. The van der Waals surface area contributed by atoms with Crippen molar-refractivity contribution in [3.8, 4) is 16.8 Å². The number of carbonyl (C=O) groups is 4. The summed E-state index contributed by atoms with van der Waals surface area (Å²) in [7, 11) is 1.27. The molecular weight excluding hydrogens is 573 g/mol. The SMILES string of the molecule is CONC(=O)Cc1cn(-c2ccc(-c3cc[n+](CC4=C(C(=O)O)N5C(=O)[C@@H](NC(C)=O)[C@@H]5SC4)cc3)c(F)c2)c(=O)o1. The first-order valence-corrected chi connectivity index (χ1v) is 13.6. The summed E-state index contributed by atoms with van der Waals surface area (Å²) < 4.78 is 23.0. The van der Waals surface area contributed by atoms with Crippen molar-refractivity contribution in [1.29, 1.82) is 0 Å². The molecule has 5 rings (SSSR count). The summed E-state index contributed by atoms with van der Waals surface area (Å²) in [6, 6.07) is 6.78. The molecule has 13 nitrogen and oxygen atoms in total. The Morgan fingerprint density at radius 3 is 2.60 bits per heavy atom. The third-order valence-electron chi connectivity index (χ3n) is 6.65. The molecule has 2 aliphatic heterocycles. The molecule has 0 saturated carbocycles. The molecule has 218 valence electrons. The predicted molar refractivity (Wildman–Crippen MR) is 144 cm³/mol. The van der Waals surface area contributed by atoms with Crippen LogP contribution < -0.4 is 21.1 Å². The van der Waals surface area contributed by atoms with Gasteiger partial charge in [-0.3, -0.25) is 24.1 Å². The molecule has 3 amide bonds. The van der Waals surface area contributed by atoms with Crippen LogP contribution in [0.5, 0.6) is 0 Å². The Morgan fingerprint density at radius 2 is 1.95 bits per heavy atom. The van der Waals surface area contributed by atoms with Gasteiger partial charge in [0.05, 0.1) is 25.4 Å². The van der Waals surface area contributed by atoms with Crippen LogP contribution in [-0.2, 0) is 37.0 Å². The minimum absolute atomic E-state index is 0.0747. The maximum Gasteiger partial charge on any atom is 0.423 e. The van der Waals surface area contributed by atoms with Gasteiger partial charge in [-0.2, -0.15) is 0 Å². The average Bonchev–Trinajstić information content (AvgIpc) is 3.31. The Kier molecular flexibility index (Phi) is 7.95. The lowest BCUT2D eigenvalue weighted by atomic mass is 10.0. The van der Waals surface area contributed by atoms with E-state index in [9.17, 15) is 29.1 Å². The zero-order chi connectivity index (χ0) is 30.1. The zero-order valence-electron chi connectivity index (χ0n) is 22.3. The number of β-lactam (4-membered cyclic amide) rings is 1. The highest BCUT2D eigenvalue weighted by Gasteiger charge is 2.54. The van der Waals surface area contributed by atoms with Gasteiger partial charge in [0.1, 0.15) is 28.7 Å². The van der Waals surface area contributed by atoms with Crippen LogP contribution in [0.15, 0.2) is 69.4 Å². The lowest BCUT2D eigenvalue weighted by Crippen LogP contribution is -2.70. The molecule has 0 radical (unpaired) electrons. The van der Waals surface area contributed by atoms with Gasteiger partial charge in [0.15, 0.2) is 18.9 Å². The highest BCUT2D eigenvalue weighted by atomic mass is 32.2. The number of oxazole rings is 1. The number of thioether (sulfide) groups is 1. The summed E-state index contributed by atoms with van der Waals surface area (Å²) in [5.74, 6) is -3.55. The molecule has 3 N–H and O–H groups in total. The van der Waals surface area contributed by atoms with Gasteiger partial charge in [-0.25, -0.2) is 28.6 Å². The Labute approximate surface area is 241 Å². The lowest BCUT2D eigenvalue weighted by molar-refractivity contribution is -0.689. The number of halogens is 1. The number of pyridine rings is 1. The first kappa shape index (κ1) is 28.8. The smallest absolute Gasteiger partial charge is 0.423 e. The number of nitrogens with zero attached hydrogens (tertiary/aromatic N) is 3. The number of carbonyl (C=O) groups excluding carboxylic acids is 3. The minimum atomic E-state index is -1.23. The molecule has 1 saturated heterocycles. The summed E-state index contributed by atoms with van der Waals surface area (Å²) in [5.41, 5.74) is 3.55. The molecule has 0 bridgehead atoms. The van der Waals surface area contributed by atoms with E-state index < -0.39 is 40.8 Å². The van der Waals surface area contributed by atoms with Crippen LogP contribution in [0.1, 0.15) is 12.7 Å². The highest BCUT2D eigenvalue weighted by Crippen LogP contribution is 2.40. The number of fused-ring (bicyclic) bond motifs is 1. The van der Waals surface area contributed by atoms with Crippen LogP contribution in [0.4, 0.5) is 4.39 Å². The maximum atomic E-state index is 15.1. The van der Waals surface area contributed by atoms with E-state index in [4.69, 9.17) is 4.42 Å². The molecule has 3 aromatic rings. The summed E-state index contributed by atoms with van der Waals surface area (Å²) >= 11 is 1.37. The van der Waals surface area contributed by atoms with E-state index in [0.29, 0.717) is 16.9 Å². The fourth-order valence-corrected chi connectivity index (χ4v) is 6.16. The number of nitrogens with one attached hydrogen (secondary N) is 2. The average molecular weight is 599 g/mol. The van der Waals surface area contributed by atoms with E-state index >= 15 is 4.39 Å². The van der Waals surface area contributed by atoms with E-state index in [0.717, 1.165) is 4.57 Å². The van der Waals surface area contributed by atoms with Crippen molar-refractivity contribution < 1.29 is 42.5 Å². The molecule has 42 heavy (non-hydrogen) atoms. The highest BCUT2D eigenvalue weighted by molar-refractivity contribution is 8.00. The number of aromatic nitrogens is 2. The molecule has 15 heteroatoms. The molecule has 0 unspecified atom stereocenters. The summed E-state index contributed by atoms with van der Waals surface area (Å²) in [4.78, 5) is 65.7. The third kappa shape index (κ3) is 5.56. The first-order chi connectivity index (χ1) is 20.1. The number of rotatable bonds is 9. The van der Waals surface area contributed by atoms with Crippen molar-refractivity contribution in [3.63, 3.8) is 0 Å². The number of hydrogen-bond acceptors (Lipinski definition) is 8. The van der Waals surface area contributed by atoms with E-state index in [1.807, 2.05) is 0 Å². The van der Waals surface area contributed by atoms with Gasteiger partial charge in [-0.05, 0) is 23.8 Å². The molecule has 1 fully saturated rings. The fraction of sp³-hybridized carbons (Fsp3) is 0.259. The van der Waals surface area contributed by atoms with Crippen LogP contribution in [0, 0.1) is 5.82 Å². The summed E-state index contributed by atoms with van der Waals surface area (Å²) in [6.07, 6.45) is 4.40. The summed E-state index contributed by atoms with van der Waals surface area (Å²) in [6.45, 7) is 1.49. The van der Waals surface area contributed by atoms with Gasteiger partial charge in [0.2, 0.25) is 5.91 Å². The molecule has 2 aliphatic rings. The minimum Gasteiger partial charge on any atom is -0.477 e. The molecule has 0 spiro atoms. The monoisotopic (exact) mass is 598 g/mol. The van der Waals surface area contributed by atoms with Gasteiger partial charge < -0.3 is 14.8 Å². The van der Waals surface area contributed by atoms with E-state index in [1.54, 1.807) is 29.1 Å². The van der Waals surface area contributed by atoms with Gasteiger partial charge in [0.25, 0.3) is 11.8 Å². The van der Waals surface area contributed by atoms with Crippen molar-refractivity contribution in [2.75, 3.05) is 12.9 Å². The number of aliphatic carboxylic acids is 1. The van der Waals surface area contributed by atoms with Crippen LogP contribution in [-0.4, -0.2) is 62.5 Å². The number of carboxylic acid groups (broad SMARTS) is 1. The van der Waals surface area contributed by atoms with Crippen molar-refractivity contribution in [1.82, 2.24) is 20.3 Å².